The SMILES string of the molecule is COCCCNC(=O)c1cc(NCc2ccco2)ccn1. The van der Waals surface area contributed by atoms with Gasteiger partial charge >= 0.3 is 0 Å². The Kier molecular flexibility index (Phi) is 5.78. The van der Waals surface area contributed by atoms with Gasteiger partial charge in [0.1, 0.15) is 11.5 Å². The Balaban J connectivity index is 1.86. The fraction of sp³-hybridized carbons (Fsp3) is 0.333. The second kappa shape index (κ2) is 8.06. The Morgan fingerprint density at radius 2 is 2.33 bits per heavy atom. The highest BCUT2D eigenvalue weighted by Crippen LogP contribution is 2.10. The fourth-order valence-corrected chi connectivity index (χ4v) is 1.78. The van der Waals surface area contributed by atoms with Gasteiger partial charge < -0.3 is 19.8 Å². The standard InChI is InChI=1S/C15H19N3O3/c1-20-8-3-6-17-15(19)14-10-12(5-7-16-14)18-11-13-4-2-9-21-13/h2,4-5,7,9-10H,3,6,8,11H2,1H3,(H,16,18)(H,17,19). The zero-order chi connectivity index (χ0) is 14.9. The fourth-order valence-electron chi connectivity index (χ4n) is 1.78. The third-order valence-corrected chi connectivity index (χ3v) is 2.85. The minimum atomic E-state index is -0.187. The van der Waals surface area contributed by atoms with Crippen molar-refractivity contribution in [3.05, 3.63) is 48.2 Å². The van der Waals surface area contributed by atoms with E-state index >= 15 is 0 Å². The summed E-state index contributed by atoms with van der Waals surface area (Å²) in [6.45, 7) is 1.75. The van der Waals surface area contributed by atoms with Crippen LogP contribution < -0.4 is 10.6 Å². The van der Waals surface area contributed by atoms with E-state index in [-0.39, 0.29) is 5.91 Å². The third kappa shape index (κ3) is 4.92. The van der Waals surface area contributed by atoms with Crippen LogP contribution in [-0.4, -0.2) is 31.2 Å². The molecule has 0 unspecified atom stereocenters. The Labute approximate surface area is 123 Å². The maximum Gasteiger partial charge on any atom is 0.269 e. The van der Waals surface area contributed by atoms with Crippen molar-refractivity contribution in [2.24, 2.45) is 0 Å². The summed E-state index contributed by atoms with van der Waals surface area (Å²) >= 11 is 0. The van der Waals surface area contributed by atoms with Crippen LogP contribution in [0.1, 0.15) is 22.7 Å². The number of carbonyl (C=O) groups is 1. The van der Waals surface area contributed by atoms with E-state index in [4.69, 9.17) is 9.15 Å². The Hall–Kier alpha value is -2.34. The van der Waals surface area contributed by atoms with Crippen LogP contribution in [0.15, 0.2) is 41.1 Å². The Bertz CT molecular complexity index is 555. The maximum absolute atomic E-state index is 11.9. The predicted molar refractivity (Wildman–Crippen MR) is 79.1 cm³/mol. The molecule has 2 aromatic rings. The van der Waals surface area contributed by atoms with Gasteiger partial charge in [-0.25, -0.2) is 0 Å². The van der Waals surface area contributed by atoms with Crippen molar-refractivity contribution in [1.29, 1.82) is 0 Å². The topological polar surface area (TPSA) is 76.4 Å². The molecule has 0 fully saturated rings. The van der Waals surface area contributed by atoms with Gasteiger partial charge in [0.25, 0.3) is 5.91 Å². The quantitative estimate of drug-likeness (QED) is 0.727. The summed E-state index contributed by atoms with van der Waals surface area (Å²) < 4.78 is 10.2. The van der Waals surface area contributed by atoms with Gasteiger partial charge in [0.2, 0.25) is 0 Å². The van der Waals surface area contributed by atoms with E-state index in [0.29, 0.717) is 25.4 Å². The number of nitrogens with zero attached hydrogens (tertiary/aromatic N) is 1. The van der Waals surface area contributed by atoms with Crippen molar-refractivity contribution >= 4 is 11.6 Å². The highest BCUT2D eigenvalue weighted by atomic mass is 16.5. The number of hydrogen-bond donors (Lipinski definition) is 2. The van der Waals surface area contributed by atoms with Crippen LogP contribution in [0.25, 0.3) is 0 Å². The largest absolute Gasteiger partial charge is 0.467 e. The van der Waals surface area contributed by atoms with Gasteiger partial charge in [-0.05, 0) is 30.7 Å². The number of amides is 1. The monoisotopic (exact) mass is 289 g/mol. The van der Waals surface area contributed by atoms with Crippen LogP contribution in [-0.2, 0) is 11.3 Å². The van der Waals surface area contributed by atoms with Crippen LogP contribution >= 0.6 is 0 Å². The molecule has 2 aromatic heterocycles. The lowest BCUT2D eigenvalue weighted by atomic mass is 10.3. The van der Waals surface area contributed by atoms with Crippen LogP contribution in [0.2, 0.25) is 0 Å². The summed E-state index contributed by atoms with van der Waals surface area (Å²) in [7, 11) is 1.64. The number of aromatic nitrogens is 1. The summed E-state index contributed by atoms with van der Waals surface area (Å²) in [5.41, 5.74) is 1.21. The molecule has 21 heavy (non-hydrogen) atoms. The second-order valence-corrected chi connectivity index (χ2v) is 4.46. The first kappa shape index (κ1) is 15.1. The van der Waals surface area contributed by atoms with E-state index in [1.807, 2.05) is 18.2 Å². The molecule has 6 nitrogen and oxygen atoms in total. The minimum absolute atomic E-state index is 0.187. The van der Waals surface area contributed by atoms with Gasteiger partial charge in [-0.15, -0.1) is 0 Å². The predicted octanol–water partition coefficient (Wildman–Crippen LogP) is 2.05. The first-order chi connectivity index (χ1) is 10.3. The van der Waals surface area contributed by atoms with Gasteiger partial charge in [0.05, 0.1) is 12.8 Å². The number of pyridine rings is 1. The molecule has 6 heteroatoms. The number of rotatable bonds is 8. The van der Waals surface area contributed by atoms with Crippen molar-refractivity contribution in [3.63, 3.8) is 0 Å². The molecule has 2 N–H and O–H groups in total. The highest BCUT2D eigenvalue weighted by molar-refractivity contribution is 5.93. The van der Waals surface area contributed by atoms with E-state index in [0.717, 1.165) is 17.9 Å². The summed E-state index contributed by atoms with van der Waals surface area (Å²) in [6.07, 6.45) is 4.01. The first-order valence-corrected chi connectivity index (χ1v) is 6.79. The molecule has 1 amide bonds. The van der Waals surface area contributed by atoms with Gasteiger partial charge in [-0.1, -0.05) is 0 Å². The molecule has 0 saturated carbocycles. The summed E-state index contributed by atoms with van der Waals surface area (Å²) in [5, 5.41) is 5.99. The molecule has 0 aliphatic heterocycles. The Morgan fingerprint density at radius 1 is 1.43 bits per heavy atom. The number of hydrogen-bond acceptors (Lipinski definition) is 5. The van der Waals surface area contributed by atoms with Crippen molar-refractivity contribution < 1.29 is 13.9 Å². The first-order valence-electron chi connectivity index (χ1n) is 6.79. The number of furan rings is 1. The van der Waals surface area contributed by atoms with Gasteiger partial charge in [0, 0.05) is 32.1 Å². The maximum atomic E-state index is 11.9. The van der Waals surface area contributed by atoms with E-state index in [2.05, 4.69) is 15.6 Å². The number of methoxy groups -OCH3 is 1. The van der Waals surface area contributed by atoms with Crippen LogP contribution in [0.3, 0.4) is 0 Å². The highest BCUT2D eigenvalue weighted by Gasteiger charge is 2.07. The third-order valence-electron chi connectivity index (χ3n) is 2.85. The molecule has 0 atom stereocenters. The van der Waals surface area contributed by atoms with Gasteiger partial charge in [-0.2, -0.15) is 0 Å². The van der Waals surface area contributed by atoms with Crippen molar-refractivity contribution in [2.75, 3.05) is 25.6 Å². The molecule has 0 aromatic carbocycles. The zero-order valence-electron chi connectivity index (χ0n) is 12.0. The lowest BCUT2D eigenvalue weighted by Crippen LogP contribution is -2.26. The molecular formula is C15H19N3O3. The van der Waals surface area contributed by atoms with E-state index < -0.39 is 0 Å². The van der Waals surface area contributed by atoms with Gasteiger partial charge in [0.15, 0.2) is 0 Å². The minimum Gasteiger partial charge on any atom is -0.467 e. The molecule has 0 spiro atoms. The molecule has 0 aliphatic carbocycles. The summed E-state index contributed by atoms with van der Waals surface area (Å²) in [6, 6.07) is 7.25. The Morgan fingerprint density at radius 3 is 3.10 bits per heavy atom. The van der Waals surface area contributed by atoms with Crippen molar-refractivity contribution in [3.8, 4) is 0 Å². The molecule has 0 aliphatic rings. The van der Waals surface area contributed by atoms with E-state index in [1.165, 1.54) is 0 Å². The molecule has 2 rings (SSSR count). The zero-order valence-corrected chi connectivity index (χ0v) is 12.0. The number of carbonyl (C=O) groups excluding carboxylic acids is 1. The van der Waals surface area contributed by atoms with Crippen LogP contribution in [0.4, 0.5) is 5.69 Å². The molecule has 0 bridgehead atoms. The van der Waals surface area contributed by atoms with E-state index in [9.17, 15) is 4.79 Å². The number of ether oxygens (including phenoxy) is 1. The second-order valence-electron chi connectivity index (χ2n) is 4.46. The van der Waals surface area contributed by atoms with Gasteiger partial charge in [-0.3, -0.25) is 9.78 Å². The molecule has 0 radical (unpaired) electrons. The van der Waals surface area contributed by atoms with E-state index in [1.54, 1.807) is 25.6 Å². The lowest BCUT2D eigenvalue weighted by molar-refractivity contribution is 0.0943. The molecule has 0 saturated heterocycles. The molecule has 2 heterocycles. The van der Waals surface area contributed by atoms with Crippen LogP contribution in [0, 0.1) is 0 Å². The number of anilines is 1. The van der Waals surface area contributed by atoms with Crippen molar-refractivity contribution in [1.82, 2.24) is 10.3 Å². The average Bonchev–Trinajstić information content (AvgIpc) is 3.03. The molecule has 112 valence electrons. The average molecular weight is 289 g/mol. The lowest BCUT2D eigenvalue weighted by Gasteiger charge is -2.07. The molecular weight excluding hydrogens is 270 g/mol. The van der Waals surface area contributed by atoms with Crippen molar-refractivity contribution in [2.45, 2.75) is 13.0 Å². The normalized spacial score (nSPS) is 10.3. The summed E-state index contributed by atoms with van der Waals surface area (Å²) in [4.78, 5) is 16.0. The smallest absolute Gasteiger partial charge is 0.269 e. The summed E-state index contributed by atoms with van der Waals surface area (Å²) in [5.74, 6) is 0.644. The van der Waals surface area contributed by atoms with Crippen LogP contribution in [0.5, 0.6) is 0 Å². The number of nitrogens with one attached hydrogen (secondary N) is 2.